The molecule has 0 atom stereocenters. The van der Waals surface area contributed by atoms with Gasteiger partial charge in [-0.3, -0.25) is 14.5 Å². The molecular formula is C21H18FN5O2S. The lowest BCUT2D eigenvalue weighted by atomic mass is 9.75. The molecule has 9 heteroatoms. The molecule has 0 bridgehead atoms. The highest BCUT2D eigenvalue weighted by atomic mass is 32.1. The van der Waals surface area contributed by atoms with Crippen LogP contribution in [0.1, 0.15) is 42.0 Å². The first kappa shape index (κ1) is 14.6. The van der Waals surface area contributed by atoms with E-state index < -0.39 is 41.9 Å². The number of amides is 2. The Labute approximate surface area is 185 Å². The molecule has 1 saturated carbocycles. The summed E-state index contributed by atoms with van der Waals surface area (Å²) in [5, 5.41) is 1.63. The van der Waals surface area contributed by atoms with Gasteiger partial charge in [-0.25, -0.2) is 4.39 Å². The molecule has 2 aromatic rings. The van der Waals surface area contributed by atoms with Crippen molar-refractivity contribution in [3.63, 3.8) is 0 Å². The summed E-state index contributed by atoms with van der Waals surface area (Å²) in [4.78, 5) is 35.3. The molecule has 1 spiro atoms. The van der Waals surface area contributed by atoms with Gasteiger partial charge in [0.25, 0.3) is 17.6 Å². The van der Waals surface area contributed by atoms with Crippen LogP contribution < -0.4 is 15.1 Å². The van der Waals surface area contributed by atoms with E-state index in [9.17, 15) is 14.0 Å². The zero-order valence-electron chi connectivity index (χ0n) is 20.7. The lowest BCUT2D eigenvalue weighted by Crippen LogP contribution is -2.55. The quantitative estimate of drug-likeness (QED) is 0.599. The Hall–Kier alpha value is -3.38. The van der Waals surface area contributed by atoms with Crippen molar-refractivity contribution in [2.75, 3.05) is 16.8 Å². The molecule has 1 aliphatic carbocycles. The van der Waals surface area contributed by atoms with Crippen molar-refractivity contribution in [3.05, 3.63) is 58.8 Å². The molecule has 0 unspecified atom stereocenters. The number of thiocarbonyl (C=S) groups is 1. The van der Waals surface area contributed by atoms with Crippen molar-refractivity contribution >= 4 is 46.3 Å². The minimum atomic E-state index is -2.79. The Bertz CT molecular complexity index is 1340. The van der Waals surface area contributed by atoms with Crippen LogP contribution in [0.3, 0.4) is 0 Å². The van der Waals surface area contributed by atoms with Gasteiger partial charge in [-0.15, -0.1) is 4.98 Å². The third kappa shape index (κ3) is 2.75. The molecule has 2 heterocycles. The van der Waals surface area contributed by atoms with Gasteiger partial charge in [0.05, 0.1) is 12.6 Å². The first-order valence-corrected chi connectivity index (χ1v) is 9.39. The average molecular weight is 429 g/mol. The van der Waals surface area contributed by atoms with E-state index in [1.807, 2.05) is 0 Å². The standard InChI is InChI=1S/C21H18FN5O2S/c1-12-9-14(11-25-17(12)23-2)26-19(29)21(7-4-8-21)27(20(26)30)13-5-6-15(16(22)10-13)18(28)24-3/h5-6,9-11H,4,7-8H2,1,3H3,(H,24,28)/i3D3,9D,11D. The molecule has 4 rings (SSSR count). The summed E-state index contributed by atoms with van der Waals surface area (Å²) < 4.78 is 53.0. The summed E-state index contributed by atoms with van der Waals surface area (Å²) in [6, 6.07) is 3.23. The van der Waals surface area contributed by atoms with Crippen molar-refractivity contribution in [2.24, 2.45) is 0 Å². The average Bonchev–Trinajstić information content (AvgIpc) is 2.96. The third-order valence-electron chi connectivity index (χ3n) is 5.40. The van der Waals surface area contributed by atoms with Crippen LogP contribution in [0.4, 0.5) is 21.6 Å². The minimum Gasteiger partial charge on any atom is -0.360 e. The summed E-state index contributed by atoms with van der Waals surface area (Å²) >= 11 is 5.58. The van der Waals surface area contributed by atoms with Gasteiger partial charge in [0, 0.05) is 16.8 Å². The second-order valence-corrected chi connectivity index (χ2v) is 7.38. The number of carbonyl (C=O) groups excluding carboxylic acids is 2. The lowest BCUT2D eigenvalue weighted by molar-refractivity contribution is -0.123. The molecule has 2 fully saturated rings. The van der Waals surface area contributed by atoms with E-state index in [0.717, 1.165) is 17.0 Å². The van der Waals surface area contributed by atoms with Crippen LogP contribution in [0.5, 0.6) is 0 Å². The number of benzene rings is 1. The van der Waals surface area contributed by atoms with E-state index in [4.69, 9.17) is 25.6 Å². The highest BCUT2D eigenvalue weighted by Gasteiger charge is 2.59. The van der Waals surface area contributed by atoms with Crippen LogP contribution in [-0.4, -0.2) is 34.4 Å². The number of halogens is 1. The molecule has 30 heavy (non-hydrogen) atoms. The van der Waals surface area contributed by atoms with E-state index >= 15 is 0 Å². The summed E-state index contributed by atoms with van der Waals surface area (Å²) in [6.07, 6.45) is 1.01. The molecule has 7 nitrogen and oxygen atoms in total. The fourth-order valence-corrected chi connectivity index (χ4v) is 4.19. The van der Waals surface area contributed by atoms with E-state index in [2.05, 4.69) is 9.83 Å². The van der Waals surface area contributed by atoms with Gasteiger partial charge in [0.1, 0.15) is 18.9 Å². The molecular weight excluding hydrogens is 405 g/mol. The zero-order valence-corrected chi connectivity index (χ0v) is 16.6. The van der Waals surface area contributed by atoms with Crippen LogP contribution >= 0.6 is 12.2 Å². The number of carbonyl (C=O) groups is 2. The van der Waals surface area contributed by atoms with Gasteiger partial charge in [0.2, 0.25) is 0 Å². The minimum absolute atomic E-state index is 0.0902. The number of anilines is 2. The van der Waals surface area contributed by atoms with Gasteiger partial charge in [-0.2, -0.15) is 0 Å². The van der Waals surface area contributed by atoms with Crippen LogP contribution in [0.15, 0.2) is 30.4 Å². The van der Waals surface area contributed by atoms with Crippen molar-refractivity contribution in [3.8, 4) is 0 Å². The Morgan fingerprint density at radius 2 is 2.23 bits per heavy atom. The first-order chi connectivity index (χ1) is 16.3. The SMILES string of the molecule is [2H]c1nc([N+]#[C-])c(C)c([2H])c1N1C(=O)C2(CCC2)N(c2ccc(C(=O)NC([2H])([2H])[2H])c(F)c2)C1=S. The van der Waals surface area contributed by atoms with Crippen LogP contribution in [0.2, 0.25) is 0 Å². The fourth-order valence-electron chi connectivity index (χ4n) is 3.74. The predicted molar refractivity (Wildman–Crippen MR) is 114 cm³/mol. The van der Waals surface area contributed by atoms with Crippen molar-refractivity contribution in [2.45, 2.75) is 31.7 Å². The third-order valence-corrected chi connectivity index (χ3v) is 5.77. The van der Waals surface area contributed by atoms with Crippen LogP contribution in [-0.2, 0) is 4.79 Å². The van der Waals surface area contributed by atoms with E-state index in [0.29, 0.717) is 19.3 Å². The fraction of sp³-hybridized carbons (Fsp3) is 0.286. The number of aromatic nitrogens is 1. The summed E-state index contributed by atoms with van der Waals surface area (Å²) in [5.74, 6) is -2.73. The van der Waals surface area contributed by atoms with E-state index in [1.54, 1.807) is 5.32 Å². The van der Waals surface area contributed by atoms with Gasteiger partial charge in [-0.1, -0.05) is 6.57 Å². The Balaban J connectivity index is 1.78. The summed E-state index contributed by atoms with van der Waals surface area (Å²) in [7, 11) is 0. The molecule has 1 aromatic carbocycles. The lowest BCUT2D eigenvalue weighted by Gasteiger charge is -2.43. The maximum atomic E-state index is 14.9. The van der Waals surface area contributed by atoms with Crippen molar-refractivity contribution < 1.29 is 20.8 Å². The first-order valence-electron chi connectivity index (χ1n) is 11.5. The number of pyridine rings is 1. The number of rotatable bonds is 3. The molecule has 1 N–H and O–H groups in total. The number of nitrogens with one attached hydrogen (secondary N) is 1. The molecule has 0 radical (unpaired) electrons. The van der Waals surface area contributed by atoms with E-state index in [1.165, 1.54) is 17.9 Å². The van der Waals surface area contributed by atoms with Gasteiger partial charge < -0.3 is 15.1 Å². The largest absolute Gasteiger partial charge is 0.360 e. The molecule has 1 aliphatic heterocycles. The highest BCUT2D eigenvalue weighted by molar-refractivity contribution is 7.81. The maximum absolute atomic E-state index is 14.9. The van der Waals surface area contributed by atoms with E-state index in [-0.39, 0.29) is 33.9 Å². The molecule has 1 aromatic heterocycles. The molecule has 2 amide bonds. The number of hydrogen-bond donors (Lipinski definition) is 1. The second kappa shape index (κ2) is 7.15. The number of hydrogen-bond acceptors (Lipinski definition) is 4. The Morgan fingerprint density at radius 1 is 1.47 bits per heavy atom. The van der Waals surface area contributed by atoms with Gasteiger partial charge in [-0.05, 0) is 68.2 Å². The highest BCUT2D eigenvalue weighted by Crippen LogP contribution is 2.48. The second-order valence-electron chi connectivity index (χ2n) is 7.02. The monoisotopic (exact) mass is 428 g/mol. The zero-order chi connectivity index (χ0) is 25.9. The van der Waals surface area contributed by atoms with Crippen molar-refractivity contribution in [1.29, 1.82) is 0 Å². The smallest absolute Gasteiger partial charge is 0.272 e. The van der Waals surface area contributed by atoms with Crippen LogP contribution in [0, 0.1) is 19.3 Å². The predicted octanol–water partition coefficient (Wildman–Crippen LogP) is 3.50. The van der Waals surface area contributed by atoms with Gasteiger partial charge >= 0.3 is 0 Å². The van der Waals surface area contributed by atoms with Gasteiger partial charge in [0.15, 0.2) is 5.11 Å². The normalized spacial score (nSPS) is 20.0. The number of nitrogens with zero attached hydrogens (tertiary/aromatic N) is 4. The maximum Gasteiger partial charge on any atom is 0.272 e. The molecule has 152 valence electrons. The molecule has 2 aliphatic rings. The van der Waals surface area contributed by atoms with Crippen molar-refractivity contribution in [1.82, 2.24) is 10.3 Å². The topological polar surface area (TPSA) is 69.9 Å². The molecule has 1 saturated heterocycles. The Kier molecular flexibility index (Phi) is 3.47. The van der Waals surface area contributed by atoms with Crippen LogP contribution in [0.25, 0.3) is 4.85 Å². The summed E-state index contributed by atoms with van der Waals surface area (Å²) in [6.45, 7) is 5.88. The Morgan fingerprint density at radius 3 is 2.83 bits per heavy atom. The summed E-state index contributed by atoms with van der Waals surface area (Å²) in [5.41, 5.74) is -1.45.